The zero-order valence-electron chi connectivity index (χ0n) is 14.4. The number of hydrogen-bond donors (Lipinski definition) is 1. The lowest BCUT2D eigenvalue weighted by molar-refractivity contribution is -0.141. The summed E-state index contributed by atoms with van der Waals surface area (Å²) < 4.78 is 13.0. The highest BCUT2D eigenvalue weighted by atomic mass is 19.1. The lowest BCUT2D eigenvalue weighted by atomic mass is 9.95. The Balaban J connectivity index is 1.59. The number of aliphatic hydroxyl groups excluding tert-OH is 1. The molecule has 1 aromatic carbocycles. The SMILES string of the molecule is O=C(Cc1ccc(F)cc1)N1CCCC(C(=O)N2CCC[C@H]2CO)C1. The van der Waals surface area contributed by atoms with Crippen LogP contribution < -0.4 is 0 Å². The van der Waals surface area contributed by atoms with Crippen LogP contribution in [0.5, 0.6) is 0 Å². The van der Waals surface area contributed by atoms with Crippen LogP contribution in [0.15, 0.2) is 24.3 Å². The first kappa shape index (κ1) is 17.9. The molecule has 2 saturated heterocycles. The van der Waals surface area contributed by atoms with Crippen LogP contribution in [-0.2, 0) is 16.0 Å². The normalized spacial score (nSPS) is 23.8. The maximum Gasteiger partial charge on any atom is 0.227 e. The lowest BCUT2D eigenvalue weighted by Gasteiger charge is -2.35. The maximum absolute atomic E-state index is 13.0. The summed E-state index contributed by atoms with van der Waals surface area (Å²) in [5.74, 6) is -0.456. The molecule has 2 aliphatic rings. The van der Waals surface area contributed by atoms with Gasteiger partial charge >= 0.3 is 0 Å². The molecule has 1 aromatic rings. The molecular weight excluding hydrogens is 323 g/mol. The first-order valence-corrected chi connectivity index (χ1v) is 9.02. The average molecular weight is 348 g/mol. The number of piperidine rings is 1. The molecule has 1 N–H and O–H groups in total. The molecule has 0 spiro atoms. The van der Waals surface area contributed by atoms with Gasteiger partial charge in [-0.25, -0.2) is 4.39 Å². The van der Waals surface area contributed by atoms with Crippen molar-refractivity contribution in [1.82, 2.24) is 9.80 Å². The molecule has 3 rings (SSSR count). The second-order valence-corrected chi connectivity index (χ2v) is 6.99. The number of rotatable bonds is 4. The third-order valence-corrected chi connectivity index (χ3v) is 5.26. The number of aliphatic hydroxyl groups is 1. The Bertz CT molecular complexity index is 620. The number of benzene rings is 1. The van der Waals surface area contributed by atoms with Crippen LogP contribution in [0.25, 0.3) is 0 Å². The number of carbonyl (C=O) groups is 2. The molecular formula is C19H25FN2O3. The molecule has 2 heterocycles. The molecule has 1 unspecified atom stereocenters. The summed E-state index contributed by atoms with van der Waals surface area (Å²) in [4.78, 5) is 28.8. The molecule has 5 nitrogen and oxygen atoms in total. The minimum absolute atomic E-state index is 0.00563. The molecule has 6 heteroatoms. The predicted octanol–water partition coefficient (Wildman–Crippen LogP) is 1.59. The molecule has 2 amide bonds. The lowest BCUT2D eigenvalue weighted by Crippen LogP contribution is -2.48. The van der Waals surface area contributed by atoms with E-state index < -0.39 is 0 Å². The topological polar surface area (TPSA) is 60.9 Å². The van der Waals surface area contributed by atoms with E-state index in [-0.39, 0.29) is 42.6 Å². The van der Waals surface area contributed by atoms with Crippen molar-refractivity contribution in [2.24, 2.45) is 5.92 Å². The summed E-state index contributed by atoms with van der Waals surface area (Å²) in [6.07, 6.45) is 3.60. The van der Waals surface area contributed by atoms with Crippen molar-refractivity contribution in [2.75, 3.05) is 26.2 Å². The molecule has 0 aliphatic carbocycles. The Labute approximate surface area is 147 Å². The van der Waals surface area contributed by atoms with Gasteiger partial charge in [0.25, 0.3) is 0 Å². The van der Waals surface area contributed by atoms with Gasteiger partial charge in [-0.3, -0.25) is 9.59 Å². The third-order valence-electron chi connectivity index (χ3n) is 5.26. The number of amides is 2. The fourth-order valence-corrected chi connectivity index (χ4v) is 3.84. The molecule has 2 atom stereocenters. The molecule has 2 aliphatic heterocycles. The number of halogens is 1. The van der Waals surface area contributed by atoms with Crippen molar-refractivity contribution < 1.29 is 19.1 Å². The van der Waals surface area contributed by atoms with E-state index in [2.05, 4.69) is 0 Å². The Kier molecular flexibility index (Phi) is 5.68. The smallest absolute Gasteiger partial charge is 0.227 e. The van der Waals surface area contributed by atoms with Crippen LogP contribution >= 0.6 is 0 Å². The van der Waals surface area contributed by atoms with Crippen molar-refractivity contribution in [1.29, 1.82) is 0 Å². The maximum atomic E-state index is 13.0. The zero-order chi connectivity index (χ0) is 17.8. The molecule has 0 radical (unpaired) electrons. The molecule has 0 bridgehead atoms. The fraction of sp³-hybridized carbons (Fsp3) is 0.579. The van der Waals surface area contributed by atoms with E-state index in [0.29, 0.717) is 19.6 Å². The van der Waals surface area contributed by atoms with Crippen molar-refractivity contribution in [2.45, 2.75) is 38.1 Å². The van der Waals surface area contributed by atoms with Gasteiger partial charge in [-0.15, -0.1) is 0 Å². The highest BCUT2D eigenvalue weighted by molar-refractivity contribution is 5.82. The molecule has 25 heavy (non-hydrogen) atoms. The summed E-state index contributed by atoms with van der Waals surface area (Å²) >= 11 is 0. The van der Waals surface area contributed by atoms with Crippen LogP contribution in [0.4, 0.5) is 4.39 Å². The monoisotopic (exact) mass is 348 g/mol. The van der Waals surface area contributed by atoms with E-state index in [4.69, 9.17) is 0 Å². The Morgan fingerprint density at radius 3 is 2.56 bits per heavy atom. The minimum Gasteiger partial charge on any atom is -0.394 e. The summed E-state index contributed by atoms with van der Waals surface area (Å²) in [6.45, 7) is 1.80. The summed E-state index contributed by atoms with van der Waals surface area (Å²) in [6, 6.07) is 5.88. The first-order chi connectivity index (χ1) is 12.1. The van der Waals surface area contributed by atoms with Crippen molar-refractivity contribution in [3.8, 4) is 0 Å². The van der Waals surface area contributed by atoms with Crippen molar-refractivity contribution in [3.05, 3.63) is 35.6 Å². The van der Waals surface area contributed by atoms with Gasteiger partial charge < -0.3 is 14.9 Å². The van der Waals surface area contributed by atoms with Gasteiger partial charge in [-0.05, 0) is 43.4 Å². The summed E-state index contributed by atoms with van der Waals surface area (Å²) in [5, 5.41) is 9.42. The highest BCUT2D eigenvalue weighted by Crippen LogP contribution is 2.25. The van der Waals surface area contributed by atoms with Gasteiger partial charge in [0.05, 0.1) is 25.0 Å². The van der Waals surface area contributed by atoms with E-state index in [1.54, 1.807) is 21.9 Å². The zero-order valence-corrected chi connectivity index (χ0v) is 14.4. The number of carbonyl (C=O) groups excluding carboxylic acids is 2. The molecule has 0 saturated carbocycles. The second kappa shape index (κ2) is 7.95. The van der Waals surface area contributed by atoms with Crippen LogP contribution in [-0.4, -0.2) is 59.0 Å². The average Bonchev–Trinajstić information content (AvgIpc) is 3.12. The van der Waals surface area contributed by atoms with Gasteiger partial charge in [-0.2, -0.15) is 0 Å². The quantitative estimate of drug-likeness (QED) is 0.899. The molecule has 0 aromatic heterocycles. The Morgan fingerprint density at radius 2 is 1.84 bits per heavy atom. The number of hydrogen-bond acceptors (Lipinski definition) is 3. The van der Waals surface area contributed by atoms with E-state index in [1.165, 1.54) is 12.1 Å². The Morgan fingerprint density at radius 1 is 1.12 bits per heavy atom. The Hall–Kier alpha value is -1.95. The van der Waals surface area contributed by atoms with E-state index >= 15 is 0 Å². The van der Waals surface area contributed by atoms with Crippen molar-refractivity contribution >= 4 is 11.8 Å². The van der Waals surface area contributed by atoms with E-state index in [1.807, 2.05) is 0 Å². The van der Waals surface area contributed by atoms with Gasteiger partial charge in [0, 0.05) is 19.6 Å². The van der Waals surface area contributed by atoms with Crippen LogP contribution in [0.2, 0.25) is 0 Å². The fourth-order valence-electron chi connectivity index (χ4n) is 3.84. The number of nitrogens with zero attached hydrogens (tertiary/aromatic N) is 2. The summed E-state index contributed by atoms with van der Waals surface area (Å²) in [5.41, 5.74) is 0.778. The molecule has 136 valence electrons. The van der Waals surface area contributed by atoms with Crippen LogP contribution in [0, 0.1) is 11.7 Å². The van der Waals surface area contributed by atoms with Gasteiger partial charge in [0.1, 0.15) is 5.82 Å². The number of likely N-dealkylation sites (tertiary alicyclic amines) is 2. The van der Waals surface area contributed by atoms with Gasteiger partial charge in [-0.1, -0.05) is 12.1 Å². The third kappa shape index (κ3) is 4.18. The largest absolute Gasteiger partial charge is 0.394 e. The first-order valence-electron chi connectivity index (χ1n) is 9.02. The predicted molar refractivity (Wildman–Crippen MR) is 91.2 cm³/mol. The minimum atomic E-state index is -0.316. The van der Waals surface area contributed by atoms with Crippen molar-refractivity contribution in [3.63, 3.8) is 0 Å². The van der Waals surface area contributed by atoms with Crippen LogP contribution in [0.3, 0.4) is 0 Å². The van der Waals surface area contributed by atoms with Gasteiger partial charge in [0.15, 0.2) is 0 Å². The molecule has 2 fully saturated rings. The second-order valence-electron chi connectivity index (χ2n) is 6.99. The van der Waals surface area contributed by atoms with Crippen LogP contribution in [0.1, 0.15) is 31.2 Å². The van der Waals surface area contributed by atoms with E-state index in [9.17, 15) is 19.1 Å². The van der Waals surface area contributed by atoms with E-state index in [0.717, 1.165) is 31.2 Å². The standard InChI is InChI=1S/C19H25FN2O3/c20-16-7-5-14(6-8-16)11-18(24)21-9-1-3-15(12-21)19(25)22-10-2-4-17(22)13-23/h5-8,15,17,23H,1-4,9-13H2/t15?,17-/m0/s1. The highest BCUT2D eigenvalue weighted by Gasteiger charge is 2.35. The van der Waals surface area contributed by atoms with Gasteiger partial charge in [0.2, 0.25) is 11.8 Å². The summed E-state index contributed by atoms with van der Waals surface area (Å²) in [7, 11) is 0.